The summed E-state index contributed by atoms with van der Waals surface area (Å²) in [5, 5.41) is 14.0. The standard InChI is InChI=1S/C11H20N2O3/c1-3-9(10(14)15)13-11(16)12-7(2)6-8-4-5-8/h7-9H,3-6H2,1-2H3,(H,14,15)(H2,12,13,16)/t7?,9-/m1/s1. The van der Waals surface area contributed by atoms with Crippen molar-refractivity contribution in [2.24, 2.45) is 5.92 Å². The van der Waals surface area contributed by atoms with E-state index in [-0.39, 0.29) is 12.1 Å². The summed E-state index contributed by atoms with van der Waals surface area (Å²) in [6.07, 6.45) is 3.87. The summed E-state index contributed by atoms with van der Waals surface area (Å²) in [4.78, 5) is 22.1. The van der Waals surface area contributed by atoms with Crippen LogP contribution in [0.5, 0.6) is 0 Å². The molecule has 0 aliphatic heterocycles. The van der Waals surface area contributed by atoms with Gasteiger partial charge in [0.25, 0.3) is 0 Å². The van der Waals surface area contributed by atoms with Crippen LogP contribution in [-0.2, 0) is 4.79 Å². The molecule has 0 radical (unpaired) electrons. The van der Waals surface area contributed by atoms with Gasteiger partial charge in [0.05, 0.1) is 0 Å². The molecule has 2 atom stereocenters. The molecule has 1 unspecified atom stereocenters. The third-order valence-corrected chi connectivity index (χ3v) is 2.77. The minimum atomic E-state index is -0.993. The first-order chi connectivity index (χ1) is 7.52. The van der Waals surface area contributed by atoms with Crippen LogP contribution in [0.25, 0.3) is 0 Å². The molecule has 0 aromatic carbocycles. The van der Waals surface area contributed by atoms with Gasteiger partial charge in [0.1, 0.15) is 6.04 Å². The van der Waals surface area contributed by atoms with E-state index in [1.54, 1.807) is 6.92 Å². The highest BCUT2D eigenvalue weighted by molar-refractivity contribution is 5.82. The van der Waals surface area contributed by atoms with E-state index in [0.29, 0.717) is 6.42 Å². The number of carbonyl (C=O) groups is 2. The Bertz CT molecular complexity index is 264. The Morgan fingerprint density at radius 1 is 1.38 bits per heavy atom. The number of hydrogen-bond donors (Lipinski definition) is 3. The minimum Gasteiger partial charge on any atom is -0.480 e. The fourth-order valence-corrected chi connectivity index (χ4v) is 1.67. The Morgan fingerprint density at radius 2 is 2.00 bits per heavy atom. The van der Waals surface area contributed by atoms with Gasteiger partial charge in [-0.25, -0.2) is 9.59 Å². The quantitative estimate of drug-likeness (QED) is 0.642. The maximum atomic E-state index is 11.4. The van der Waals surface area contributed by atoms with Crippen molar-refractivity contribution in [1.82, 2.24) is 10.6 Å². The van der Waals surface area contributed by atoms with Crippen LogP contribution in [0.15, 0.2) is 0 Å². The third-order valence-electron chi connectivity index (χ3n) is 2.77. The molecule has 5 nitrogen and oxygen atoms in total. The molecule has 0 heterocycles. The Hall–Kier alpha value is -1.26. The zero-order chi connectivity index (χ0) is 12.1. The van der Waals surface area contributed by atoms with Crippen LogP contribution in [0, 0.1) is 5.92 Å². The lowest BCUT2D eigenvalue weighted by atomic mass is 10.1. The zero-order valence-electron chi connectivity index (χ0n) is 9.82. The molecule has 3 N–H and O–H groups in total. The normalized spacial score (nSPS) is 18.6. The zero-order valence-corrected chi connectivity index (χ0v) is 9.82. The summed E-state index contributed by atoms with van der Waals surface area (Å²) in [5.74, 6) is -0.246. The Morgan fingerprint density at radius 3 is 2.44 bits per heavy atom. The van der Waals surface area contributed by atoms with Crippen LogP contribution in [0.1, 0.15) is 39.5 Å². The molecule has 0 saturated heterocycles. The van der Waals surface area contributed by atoms with E-state index in [1.165, 1.54) is 12.8 Å². The summed E-state index contributed by atoms with van der Waals surface area (Å²) in [6, 6.07) is -1.07. The summed E-state index contributed by atoms with van der Waals surface area (Å²) < 4.78 is 0. The number of nitrogens with one attached hydrogen (secondary N) is 2. The largest absolute Gasteiger partial charge is 0.480 e. The van der Waals surface area contributed by atoms with Gasteiger partial charge in [-0.2, -0.15) is 0 Å². The highest BCUT2D eigenvalue weighted by atomic mass is 16.4. The molecule has 0 aromatic heterocycles. The Labute approximate surface area is 95.6 Å². The summed E-state index contributed by atoms with van der Waals surface area (Å²) >= 11 is 0. The molecule has 1 aliphatic carbocycles. The van der Waals surface area contributed by atoms with Gasteiger partial charge in [0.2, 0.25) is 0 Å². The van der Waals surface area contributed by atoms with Gasteiger partial charge in [-0.15, -0.1) is 0 Å². The fraction of sp³-hybridized carbons (Fsp3) is 0.818. The summed E-state index contributed by atoms with van der Waals surface area (Å²) in [5.41, 5.74) is 0. The van der Waals surface area contributed by atoms with Crippen LogP contribution in [-0.4, -0.2) is 29.2 Å². The number of amides is 2. The predicted molar refractivity (Wildman–Crippen MR) is 60.2 cm³/mol. The van der Waals surface area contributed by atoms with Gasteiger partial charge in [-0.1, -0.05) is 19.8 Å². The van der Waals surface area contributed by atoms with Crippen molar-refractivity contribution in [3.8, 4) is 0 Å². The van der Waals surface area contributed by atoms with Crippen molar-refractivity contribution in [3.63, 3.8) is 0 Å². The van der Waals surface area contributed by atoms with E-state index < -0.39 is 12.0 Å². The first-order valence-corrected chi connectivity index (χ1v) is 5.82. The van der Waals surface area contributed by atoms with Gasteiger partial charge in [0, 0.05) is 6.04 Å². The van der Waals surface area contributed by atoms with Crippen molar-refractivity contribution in [3.05, 3.63) is 0 Å². The average Bonchev–Trinajstić information content (AvgIpc) is 2.97. The fourth-order valence-electron chi connectivity index (χ4n) is 1.67. The van der Waals surface area contributed by atoms with Crippen LogP contribution >= 0.6 is 0 Å². The van der Waals surface area contributed by atoms with Crippen molar-refractivity contribution in [2.75, 3.05) is 0 Å². The highest BCUT2D eigenvalue weighted by Gasteiger charge is 2.25. The highest BCUT2D eigenvalue weighted by Crippen LogP contribution is 2.33. The molecule has 2 amide bonds. The average molecular weight is 228 g/mol. The molecule has 0 spiro atoms. The lowest BCUT2D eigenvalue weighted by Gasteiger charge is -2.17. The minimum absolute atomic E-state index is 0.110. The van der Waals surface area contributed by atoms with Gasteiger partial charge in [-0.3, -0.25) is 0 Å². The predicted octanol–water partition coefficient (Wildman–Crippen LogP) is 1.34. The van der Waals surface area contributed by atoms with Crippen LogP contribution in [0.2, 0.25) is 0 Å². The van der Waals surface area contributed by atoms with Crippen LogP contribution in [0.4, 0.5) is 4.79 Å². The van der Waals surface area contributed by atoms with Crippen molar-refractivity contribution >= 4 is 12.0 Å². The maximum absolute atomic E-state index is 11.4. The molecular weight excluding hydrogens is 208 g/mol. The molecule has 1 fully saturated rings. The SMILES string of the molecule is CC[C@@H](NC(=O)NC(C)CC1CC1)C(=O)O. The second kappa shape index (κ2) is 5.72. The third kappa shape index (κ3) is 4.51. The van der Waals surface area contributed by atoms with Crippen LogP contribution in [0.3, 0.4) is 0 Å². The number of carbonyl (C=O) groups excluding carboxylic acids is 1. The van der Waals surface area contributed by atoms with Gasteiger partial charge < -0.3 is 15.7 Å². The van der Waals surface area contributed by atoms with Gasteiger partial charge >= 0.3 is 12.0 Å². The molecular formula is C11H20N2O3. The monoisotopic (exact) mass is 228 g/mol. The number of hydrogen-bond acceptors (Lipinski definition) is 2. The summed E-state index contributed by atoms with van der Waals surface area (Å²) in [6.45, 7) is 3.67. The molecule has 0 aromatic rings. The number of aliphatic carboxylic acids is 1. The van der Waals surface area contributed by atoms with E-state index in [9.17, 15) is 9.59 Å². The molecule has 1 saturated carbocycles. The summed E-state index contributed by atoms with van der Waals surface area (Å²) in [7, 11) is 0. The topological polar surface area (TPSA) is 78.4 Å². The Kier molecular flexibility index (Phi) is 4.58. The van der Waals surface area contributed by atoms with E-state index in [1.807, 2.05) is 6.92 Å². The number of rotatable bonds is 6. The van der Waals surface area contributed by atoms with Gasteiger partial charge in [0.15, 0.2) is 0 Å². The van der Waals surface area contributed by atoms with Crippen molar-refractivity contribution in [2.45, 2.75) is 51.6 Å². The van der Waals surface area contributed by atoms with E-state index in [4.69, 9.17) is 5.11 Å². The Balaban J connectivity index is 2.24. The molecule has 92 valence electrons. The van der Waals surface area contributed by atoms with Crippen LogP contribution < -0.4 is 10.6 Å². The van der Waals surface area contributed by atoms with E-state index in [0.717, 1.165) is 12.3 Å². The van der Waals surface area contributed by atoms with Gasteiger partial charge in [-0.05, 0) is 25.7 Å². The molecule has 16 heavy (non-hydrogen) atoms. The molecule has 0 bridgehead atoms. The van der Waals surface area contributed by atoms with Crippen molar-refractivity contribution in [1.29, 1.82) is 0 Å². The maximum Gasteiger partial charge on any atom is 0.326 e. The second-order valence-corrected chi connectivity index (χ2v) is 4.50. The molecule has 1 aliphatic rings. The lowest BCUT2D eigenvalue weighted by molar-refractivity contribution is -0.139. The molecule has 1 rings (SSSR count). The number of carboxylic acids is 1. The smallest absolute Gasteiger partial charge is 0.326 e. The first-order valence-electron chi connectivity index (χ1n) is 5.82. The number of urea groups is 1. The van der Waals surface area contributed by atoms with E-state index >= 15 is 0 Å². The van der Waals surface area contributed by atoms with E-state index in [2.05, 4.69) is 10.6 Å². The number of carboxylic acid groups (broad SMARTS) is 1. The van der Waals surface area contributed by atoms with Crippen molar-refractivity contribution < 1.29 is 14.7 Å². The lowest BCUT2D eigenvalue weighted by Crippen LogP contribution is -2.48. The molecule has 5 heteroatoms. The second-order valence-electron chi connectivity index (χ2n) is 4.50. The first kappa shape index (κ1) is 12.8.